The van der Waals surface area contributed by atoms with E-state index in [1.807, 2.05) is 12.1 Å². The molecule has 1 heterocycles. The monoisotopic (exact) mass is 647 g/mol. The van der Waals surface area contributed by atoms with E-state index in [0.717, 1.165) is 33.2 Å². The number of Topliss-reactive ketones (excluding diaryl/α,β-unsaturated/α-hetero) is 1. The summed E-state index contributed by atoms with van der Waals surface area (Å²) in [5.41, 5.74) is 4.60. The zero-order valence-electron chi connectivity index (χ0n) is 25.2. The normalized spacial score (nSPS) is 12.4. The van der Waals surface area contributed by atoms with E-state index in [2.05, 4.69) is 89.2 Å². The predicted molar refractivity (Wildman–Crippen MR) is 172 cm³/mol. The number of benzene rings is 3. The fraction of sp³-hybridized carbons (Fsp3) is 0.353. The van der Waals surface area contributed by atoms with Crippen molar-refractivity contribution in [3.8, 4) is 22.2 Å². The van der Waals surface area contributed by atoms with Gasteiger partial charge in [0.1, 0.15) is 22.1 Å². The van der Waals surface area contributed by atoms with Gasteiger partial charge in [-0.25, -0.2) is 15.4 Å². The molecule has 1 aromatic heterocycles. The Kier molecular flexibility index (Phi) is 11.8. The van der Waals surface area contributed by atoms with E-state index < -0.39 is 16.0 Å². The van der Waals surface area contributed by atoms with Gasteiger partial charge in [0.15, 0.2) is 0 Å². The average molecular weight is 649 g/mol. The Morgan fingerprint density at radius 2 is 1.62 bits per heavy atom. The van der Waals surface area contributed by atoms with E-state index in [9.17, 15) is 14.1 Å². The van der Waals surface area contributed by atoms with Crippen LogP contribution < -0.4 is 4.74 Å². The molecule has 3 aromatic carbocycles. The fourth-order valence-electron chi connectivity index (χ4n) is 4.80. The second-order valence-corrected chi connectivity index (χ2v) is 14.0. The molecule has 0 saturated heterocycles. The van der Waals surface area contributed by atoms with E-state index in [4.69, 9.17) is 4.74 Å². The zero-order valence-corrected chi connectivity index (χ0v) is 27.8. The second kappa shape index (κ2) is 14.6. The SMILES string of the molecule is COc1ccc2cc(-c3cc(C(C)C)c(CC(=O)CC=[S-](=O)c4cnc(C(C)(C)O)s4)c(C(C)C)c3)ccc2c1.[CH]#[Ni]. The Labute approximate surface area is 262 Å². The zero-order chi connectivity index (χ0) is 31.2. The minimum atomic E-state index is -1.46. The molecule has 0 aliphatic carbocycles. The molecule has 0 spiro atoms. The molecule has 1 N–H and O–H groups in total. The summed E-state index contributed by atoms with van der Waals surface area (Å²) >= 11 is 4.58. The van der Waals surface area contributed by atoms with Gasteiger partial charge < -0.3 is 14.1 Å². The molecule has 0 fully saturated rings. The van der Waals surface area contributed by atoms with Gasteiger partial charge in [0.25, 0.3) is 0 Å². The maximum absolute atomic E-state index is 13.2. The summed E-state index contributed by atoms with van der Waals surface area (Å²) in [7, 11) is 0.221. The van der Waals surface area contributed by atoms with Crippen molar-refractivity contribution in [1.29, 1.82) is 0 Å². The third-order valence-electron chi connectivity index (χ3n) is 6.99. The van der Waals surface area contributed by atoms with Gasteiger partial charge in [0.05, 0.1) is 7.11 Å². The van der Waals surface area contributed by atoms with Crippen molar-refractivity contribution in [3.63, 3.8) is 0 Å². The van der Waals surface area contributed by atoms with Crippen LogP contribution in [0, 0.1) is 5.31 Å². The Morgan fingerprint density at radius 1 is 1.02 bits per heavy atom. The number of ketones is 1. The van der Waals surface area contributed by atoms with Gasteiger partial charge in [-0.3, -0.25) is 4.79 Å². The van der Waals surface area contributed by atoms with Gasteiger partial charge in [0, 0.05) is 19.0 Å². The van der Waals surface area contributed by atoms with Crippen LogP contribution in [0.5, 0.6) is 5.75 Å². The molecule has 227 valence electrons. The summed E-state index contributed by atoms with van der Waals surface area (Å²) < 4.78 is 18.7. The molecule has 4 rings (SSSR count). The van der Waals surface area contributed by atoms with Crippen LogP contribution in [0.15, 0.2) is 58.9 Å². The number of aromatic nitrogens is 1. The minimum absolute atomic E-state index is 0.0248. The van der Waals surface area contributed by atoms with E-state index in [1.54, 1.807) is 26.3 Å². The number of carbonyl (C=O) groups is 1. The quantitative estimate of drug-likeness (QED) is 0.108. The Hall–Kier alpha value is -2.73. The molecule has 0 amide bonds. The Balaban J connectivity index is 0.00000237. The first-order valence-corrected chi connectivity index (χ1v) is 16.3. The molecule has 42 heavy (non-hydrogen) atoms. The number of methoxy groups -OCH3 is 1. The molecule has 0 saturated carbocycles. The number of aliphatic hydroxyl groups is 1. The first kappa shape index (κ1) is 33.8. The maximum atomic E-state index is 13.2. The Morgan fingerprint density at radius 3 is 2.17 bits per heavy atom. The van der Waals surface area contributed by atoms with E-state index in [0.29, 0.717) is 15.6 Å². The molecule has 0 atom stereocenters. The van der Waals surface area contributed by atoms with Gasteiger partial charge in [0.2, 0.25) is 0 Å². The van der Waals surface area contributed by atoms with E-state index in [-0.39, 0.29) is 24.0 Å². The van der Waals surface area contributed by atoms with Gasteiger partial charge in [-0.15, -0.1) is 11.3 Å². The molecule has 0 bridgehead atoms. The summed E-state index contributed by atoms with van der Waals surface area (Å²) in [6.45, 7) is 11.9. The molecule has 0 unspecified atom stereocenters. The number of carbonyl (C=O) groups excluding carboxylic acids is 1. The predicted octanol–water partition coefficient (Wildman–Crippen LogP) is 7.90. The number of ether oxygens (including phenoxy) is 1. The van der Waals surface area contributed by atoms with Crippen LogP contribution in [0.1, 0.15) is 81.5 Å². The topological polar surface area (TPSA) is 76.5 Å². The third-order valence-corrected chi connectivity index (χ3v) is 9.81. The third kappa shape index (κ3) is 8.21. The molecule has 4 aromatic rings. The van der Waals surface area contributed by atoms with Gasteiger partial charge in [-0.05, 0) is 86.7 Å². The van der Waals surface area contributed by atoms with Crippen molar-refractivity contribution in [2.24, 2.45) is 0 Å². The van der Waals surface area contributed by atoms with Gasteiger partial charge in [-0.2, -0.15) is 5.37 Å². The summed E-state index contributed by atoms with van der Waals surface area (Å²) in [5.74, 6) is 1.34. The van der Waals surface area contributed by atoms with Gasteiger partial charge >= 0.3 is 20.1 Å². The summed E-state index contributed by atoms with van der Waals surface area (Å²) in [6.07, 6.45) is 1.92. The van der Waals surface area contributed by atoms with Crippen molar-refractivity contribution in [3.05, 3.63) is 76.4 Å². The number of fused-ring (bicyclic) bond motifs is 1. The summed E-state index contributed by atoms with van der Waals surface area (Å²) in [5, 5.41) is 18.6. The van der Waals surface area contributed by atoms with Crippen LogP contribution in [0.4, 0.5) is 0 Å². The van der Waals surface area contributed by atoms with E-state index >= 15 is 0 Å². The van der Waals surface area contributed by atoms with E-state index in [1.165, 1.54) is 28.7 Å². The van der Waals surface area contributed by atoms with Crippen LogP contribution in [0.25, 0.3) is 21.9 Å². The molecule has 0 radical (unpaired) electrons. The Bertz CT molecular complexity index is 1640. The number of hydrogen-bond acceptors (Lipinski definition) is 7. The van der Waals surface area contributed by atoms with Crippen LogP contribution in [0.2, 0.25) is 0 Å². The van der Waals surface area contributed by atoms with Crippen molar-refractivity contribution in [1.82, 2.24) is 4.98 Å². The number of nitrogens with zero attached hydrogens (tertiary/aromatic N) is 1. The number of hydrogen-bond donors (Lipinski definition) is 1. The first-order chi connectivity index (χ1) is 19.9. The number of thiazole rings is 1. The van der Waals surface area contributed by atoms with Crippen LogP contribution in [-0.4, -0.2) is 28.4 Å². The second-order valence-electron chi connectivity index (χ2n) is 11.3. The molecular formula is C34H39NNiO4S2-. The number of rotatable bonds is 10. The summed E-state index contributed by atoms with van der Waals surface area (Å²) in [4.78, 5) is 17.4. The van der Waals surface area contributed by atoms with Gasteiger partial charge in [-0.1, -0.05) is 58.0 Å². The standard InChI is InChI=1S/C33H38NO4S2.CH.Ni/c1-20(2)28-16-25(23-8-9-24-15-27(38-7)11-10-22(24)14-23)17-29(21(3)4)30(28)18-26(35)12-13-40(37)31-19-34-32(39-31)33(5,6)36;;/h8-11,13-17,19-21,36H,12,18H2,1-7H3;1H;/q-1;;. The molecular weight excluding hydrogens is 609 g/mol. The molecule has 8 heteroatoms. The van der Waals surface area contributed by atoms with Crippen molar-refractivity contribution in [2.45, 2.75) is 76.0 Å². The van der Waals surface area contributed by atoms with Crippen LogP contribution in [-0.2, 0) is 46.3 Å². The molecule has 0 aliphatic rings. The van der Waals surface area contributed by atoms with Crippen LogP contribution in [0.3, 0.4) is 0 Å². The van der Waals surface area contributed by atoms with Crippen LogP contribution >= 0.6 is 11.3 Å². The average Bonchev–Trinajstić information content (AvgIpc) is 3.48. The molecule has 0 aliphatic heterocycles. The van der Waals surface area contributed by atoms with Crippen molar-refractivity contribution >= 4 is 43.6 Å². The summed E-state index contributed by atoms with van der Waals surface area (Å²) in [6, 6.07) is 17.0. The first-order valence-electron chi connectivity index (χ1n) is 13.7. The fourth-order valence-corrected chi connectivity index (χ4v) is 6.88. The van der Waals surface area contributed by atoms with Crippen molar-refractivity contribution < 1.29 is 33.7 Å². The molecule has 5 nitrogen and oxygen atoms in total. The van der Waals surface area contributed by atoms with Crippen molar-refractivity contribution in [2.75, 3.05) is 7.11 Å².